The van der Waals surface area contributed by atoms with Crippen LogP contribution in [0.2, 0.25) is 0 Å². The number of hydrogen-bond acceptors (Lipinski definition) is 5. The lowest BCUT2D eigenvalue weighted by Gasteiger charge is -2.34. The van der Waals surface area contributed by atoms with Gasteiger partial charge in [-0.3, -0.25) is 4.90 Å². The van der Waals surface area contributed by atoms with Crippen molar-refractivity contribution in [2.24, 2.45) is 11.8 Å². The number of carboxylic acid groups (broad SMARTS) is 2. The van der Waals surface area contributed by atoms with Gasteiger partial charge in [0.25, 0.3) is 0 Å². The summed E-state index contributed by atoms with van der Waals surface area (Å²) in [6, 6.07) is 7.15. The number of methoxy groups -OCH3 is 1. The number of fused-ring (bicyclic) bond motifs is 1. The van der Waals surface area contributed by atoms with Crippen molar-refractivity contribution in [2.75, 3.05) is 46.4 Å². The number of carboxylic acids is 2. The Labute approximate surface area is 197 Å². The van der Waals surface area contributed by atoms with Crippen molar-refractivity contribution in [3.8, 4) is 0 Å². The van der Waals surface area contributed by atoms with E-state index in [1.165, 1.54) is 19.5 Å². The molecule has 2 fully saturated rings. The second-order valence-electron chi connectivity index (χ2n) is 7.99. The number of ether oxygens (including phenoxy) is 1. The Morgan fingerprint density at radius 1 is 0.943 bits per heavy atom. The van der Waals surface area contributed by atoms with E-state index in [0.717, 1.165) is 50.2 Å². The molecule has 0 aliphatic carbocycles. The first-order valence-electron chi connectivity index (χ1n) is 10.4. The molecule has 3 rings (SSSR count). The lowest BCUT2D eigenvalue weighted by molar-refractivity contribution is -0.193. The van der Waals surface area contributed by atoms with Crippen molar-refractivity contribution in [2.45, 2.75) is 25.3 Å². The number of alkyl halides is 6. The average Bonchev–Trinajstić information content (AvgIpc) is 3.15. The number of aliphatic carboxylic acids is 2. The van der Waals surface area contributed by atoms with Crippen molar-refractivity contribution >= 4 is 11.9 Å². The molecule has 2 aliphatic rings. The highest BCUT2D eigenvalue weighted by Crippen LogP contribution is 2.32. The van der Waals surface area contributed by atoms with Crippen LogP contribution in [0.5, 0.6) is 0 Å². The van der Waals surface area contributed by atoms with E-state index in [0.29, 0.717) is 0 Å². The third-order valence-corrected chi connectivity index (χ3v) is 5.41. The summed E-state index contributed by atoms with van der Waals surface area (Å²) >= 11 is 0. The van der Waals surface area contributed by atoms with Gasteiger partial charge in [0.15, 0.2) is 0 Å². The average molecular weight is 520 g/mol. The summed E-state index contributed by atoms with van der Waals surface area (Å²) in [4.78, 5) is 22.7. The Morgan fingerprint density at radius 2 is 1.43 bits per heavy atom. The molecule has 0 spiro atoms. The first-order valence-corrected chi connectivity index (χ1v) is 10.4. The lowest BCUT2D eigenvalue weighted by Crippen LogP contribution is -2.41. The molecule has 2 aliphatic heterocycles. The minimum Gasteiger partial charge on any atom is -0.475 e. The smallest absolute Gasteiger partial charge is 0.475 e. The molecule has 1 aromatic carbocycles. The fraction of sp³-hybridized carbons (Fsp3) is 0.619. The summed E-state index contributed by atoms with van der Waals surface area (Å²) in [5.41, 5.74) is 0.826. The monoisotopic (exact) mass is 520 g/mol. The molecule has 200 valence electrons. The molecule has 7 nitrogen and oxygen atoms in total. The van der Waals surface area contributed by atoms with E-state index in [9.17, 15) is 30.7 Å². The number of rotatable bonds is 5. The number of carbonyl (C=O) groups is 2. The van der Waals surface area contributed by atoms with Gasteiger partial charge in [0.05, 0.1) is 6.61 Å². The summed E-state index contributed by atoms with van der Waals surface area (Å²) < 4.78 is 82.4. The van der Waals surface area contributed by atoms with Gasteiger partial charge >= 0.3 is 24.3 Å². The normalized spacial score (nSPS) is 20.7. The minimum absolute atomic E-state index is 0.0749. The van der Waals surface area contributed by atoms with Gasteiger partial charge in [0, 0.05) is 45.4 Å². The fourth-order valence-corrected chi connectivity index (χ4v) is 3.76. The zero-order chi connectivity index (χ0) is 26.8. The van der Waals surface area contributed by atoms with Gasteiger partial charge in [0.1, 0.15) is 5.82 Å². The fourth-order valence-electron chi connectivity index (χ4n) is 3.76. The molecule has 0 saturated carbocycles. The molecule has 14 heteroatoms. The van der Waals surface area contributed by atoms with Gasteiger partial charge < -0.3 is 19.8 Å². The zero-order valence-electron chi connectivity index (χ0n) is 18.8. The molecule has 0 amide bonds. The van der Waals surface area contributed by atoms with Crippen LogP contribution in [0.25, 0.3) is 0 Å². The van der Waals surface area contributed by atoms with E-state index < -0.39 is 24.3 Å². The van der Waals surface area contributed by atoms with Crippen molar-refractivity contribution in [3.63, 3.8) is 0 Å². The number of halogens is 7. The van der Waals surface area contributed by atoms with Crippen LogP contribution in [0.15, 0.2) is 24.3 Å². The third-order valence-electron chi connectivity index (χ3n) is 5.41. The summed E-state index contributed by atoms with van der Waals surface area (Å²) in [7, 11) is 1.76. The SMILES string of the molecule is COCCN1CC[C@@H]2CN(Cc3ccccc3F)C[C@@H]2C1.O=C(O)C(F)(F)F.O=C(O)C(F)(F)F. The zero-order valence-corrected chi connectivity index (χ0v) is 18.8. The molecule has 0 unspecified atom stereocenters. The Hall–Kier alpha value is -2.45. The van der Waals surface area contributed by atoms with E-state index in [4.69, 9.17) is 24.5 Å². The van der Waals surface area contributed by atoms with Crippen LogP contribution in [0, 0.1) is 17.7 Å². The van der Waals surface area contributed by atoms with Gasteiger partial charge in [-0.05, 0) is 30.9 Å². The predicted molar refractivity (Wildman–Crippen MR) is 109 cm³/mol. The van der Waals surface area contributed by atoms with Crippen LogP contribution in [-0.2, 0) is 20.9 Å². The number of likely N-dealkylation sites (tertiary alicyclic amines) is 2. The first-order chi connectivity index (χ1) is 16.1. The molecule has 1 aromatic rings. The van der Waals surface area contributed by atoms with Crippen molar-refractivity contribution in [3.05, 3.63) is 35.6 Å². The number of benzene rings is 1. The topological polar surface area (TPSA) is 90.3 Å². The number of hydrogen-bond donors (Lipinski definition) is 2. The summed E-state index contributed by atoms with van der Waals surface area (Å²) in [5.74, 6) is -4.06. The standard InChI is InChI=1S/C17H25FN2O.2C2HF3O2/c1-21-9-8-19-7-6-14-10-20(13-16(14)12-19)11-15-4-2-3-5-17(15)18;2*3-2(4,5)1(6)7/h2-5,14,16H,6-13H2,1H3;2*(H,6,7)/t14-,16+;;/m1../s1. The highest BCUT2D eigenvalue weighted by molar-refractivity contribution is 5.73. The van der Waals surface area contributed by atoms with E-state index >= 15 is 0 Å². The van der Waals surface area contributed by atoms with E-state index in [2.05, 4.69) is 9.80 Å². The summed E-state index contributed by atoms with van der Waals surface area (Å²) in [6.07, 6.45) is -8.90. The Morgan fingerprint density at radius 3 is 1.91 bits per heavy atom. The molecule has 2 saturated heterocycles. The molecule has 2 atom stereocenters. The van der Waals surface area contributed by atoms with Gasteiger partial charge in [-0.25, -0.2) is 14.0 Å². The van der Waals surface area contributed by atoms with Gasteiger partial charge in [-0.2, -0.15) is 26.3 Å². The van der Waals surface area contributed by atoms with Gasteiger partial charge in [-0.1, -0.05) is 18.2 Å². The maximum absolute atomic E-state index is 13.8. The molecule has 0 aromatic heterocycles. The van der Waals surface area contributed by atoms with E-state index in [1.807, 2.05) is 12.1 Å². The van der Waals surface area contributed by atoms with Crippen molar-refractivity contribution < 1.29 is 55.3 Å². The number of piperidine rings is 1. The maximum atomic E-state index is 13.8. The number of nitrogens with zero attached hydrogens (tertiary/aromatic N) is 2. The first kappa shape index (κ1) is 30.6. The Balaban J connectivity index is 0.000000362. The summed E-state index contributed by atoms with van der Waals surface area (Å²) in [6.45, 7) is 7.17. The lowest BCUT2D eigenvalue weighted by atomic mass is 9.89. The molecular weight excluding hydrogens is 493 g/mol. The van der Waals surface area contributed by atoms with Crippen LogP contribution in [0.1, 0.15) is 12.0 Å². The van der Waals surface area contributed by atoms with Crippen LogP contribution < -0.4 is 0 Å². The molecule has 0 radical (unpaired) electrons. The van der Waals surface area contributed by atoms with Crippen molar-refractivity contribution in [1.82, 2.24) is 9.80 Å². The summed E-state index contributed by atoms with van der Waals surface area (Å²) in [5, 5.41) is 14.2. The third kappa shape index (κ3) is 11.2. The minimum atomic E-state index is -5.08. The highest BCUT2D eigenvalue weighted by atomic mass is 19.4. The van der Waals surface area contributed by atoms with Crippen LogP contribution >= 0.6 is 0 Å². The molecule has 0 bridgehead atoms. The molecule has 35 heavy (non-hydrogen) atoms. The predicted octanol–water partition coefficient (Wildman–Crippen LogP) is 3.49. The van der Waals surface area contributed by atoms with Crippen LogP contribution in [0.3, 0.4) is 0 Å². The Bertz CT molecular complexity index is 796. The van der Waals surface area contributed by atoms with E-state index in [-0.39, 0.29) is 5.82 Å². The maximum Gasteiger partial charge on any atom is 0.490 e. The molecular formula is C21H27F7N2O5. The largest absolute Gasteiger partial charge is 0.490 e. The second-order valence-corrected chi connectivity index (χ2v) is 7.99. The highest BCUT2D eigenvalue weighted by Gasteiger charge is 2.39. The molecule has 2 N–H and O–H groups in total. The van der Waals surface area contributed by atoms with Crippen LogP contribution in [0.4, 0.5) is 30.7 Å². The Kier molecular flexibility index (Phi) is 11.9. The van der Waals surface area contributed by atoms with E-state index in [1.54, 1.807) is 19.2 Å². The van der Waals surface area contributed by atoms with Crippen molar-refractivity contribution in [1.29, 1.82) is 0 Å². The molecule has 2 heterocycles. The van der Waals surface area contributed by atoms with Gasteiger partial charge in [-0.15, -0.1) is 0 Å². The van der Waals surface area contributed by atoms with Crippen LogP contribution in [-0.4, -0.2) is 90.7 Å². The van der Waals surface area contributed by atoms with Gasteiger partial charge in [0.2, 0.25) is 0 Å². The quantitative estimate of drug-likeness (QED) is 0.575. The second kappa shape index (κ2) is 13.6.